The van der Waals surface area contributed by atoms with Crippen LogP contribution in [0.4, 0.5) is 4.39 Å². The third-order valence-electron chi connectivity index (χ3n) is 7.74. The maximum atomic E-state index is 14.9. The minimum absolute atomic E-state index is 0.266. The predicted molar refractivity (Wildman–Crippen MR) is 146 cm³/mol. The van der Waals surface area contributed by atoms with Crippen molar-refractivity contribution in [2.24, 2.45) is 11.8 Å². The van der Waals surface area contributed by atoms with Crippen LogP contribution in [0.1, 0.15) is 48.8 Å². The Kier molecular flexibility index (Phi) is 8.28. The van der Waals surface area contributed by atoms with Crippen LogP contribution in [0, 0.1) is 17.7 Å². The second-order valence-electron chi connectivity index (χ2n) is 10.6. The maximum absolute atomic E-state index is 14.9. The van der Waals surface area contributed by atoms with E-state index in [9.17, 15) is 14.3 Å². The minimum atomic E-state index is -0.715. The molecule has 0 aromatic heterocycles. The number of hydrogen-bond donors (Lipinski definition) is 1. The molecule has 1 aliphatic heterocycles. The highest BCUT2D eigenvalue weighted by Crippen LogP contribution is 2.39. The van der Waals surface area contributed by atoms with E-state index in [4.69, 9.17) is 9.47 Å². The molecule has 1 N–H and O–H groups in total. The first-order valence-electron chi connectivity index (χ1n) is 13.6. The van der Waals surface area contributed by atoms with Crippen molar-refractivity contribution in [2.45, 2.75) is 51.7 Å². The fraction of sp³-hybridized carbons (Fsp3) is 0.406. The summed E-state index contributed by atoms with van der Waals surface area (Å²) in [6.45, 7) is 3.23. The molecule has 0 radical (unpaired) electrons. The van der Waals surface area contributed by atoms with Crippen LogP contribution in [0.2, 0.25) is 0 Å². The van der Waals surface area contributed by atoms with Crippen molar-refractivity contribution in [3.05, 3.63) is 83.2 Å². The number of halogens is 1. The van der Waals surface area contributed by atoms with Gasteiger partial charge >= 0.3 is 5.97 Å². The fourth-order valence-corrected chi connectivity index (χ4v) is 5.46. The quantitative estimate of drug-likeness (QED) is 0.306. The summed E-state index contributed by atoms with van der Waals surface area (Å²) in [5.74, 6) is 0.341. The summed E-state index contributed by atoms with van der Waals surface area (Å²) >= 11 is 0. The van der Waals surface area contributed by atoms with Crippen molar-refractivity contribution in [3.8, 4) is 22.6 Å². The van der Waals surface area contributed by atoms with Crippen molar-refractivity contribution in [3.63, 3.8) is 0 Å². The molecule has 2 fully saturated rings. The summed E-state index contributed by atoms with van der Waals surface area (Å²) in [6.07, 6.45) is 6.16. The molecule has 1 saturated carbocycles. The zero-order chi connectivity index (χ0) is 26.5. The van der Waals surface area contributed by atoms with E-state index in [2.05, 4.69) is 11.0 Å². The summed E-state index contributed by atoms with van der Waals surface area (Å²) in [4.78, 5) is 14.1. The Bertz CT molecular complexity index is 1270. The van der Waals surface area contributed by atoms with E-state index >= 15 is 0 Å². The van der Waals surface area contributed by atoms with Crippen LogP contribution >= 0.6 is 0 Å². The van der Waals surface area contributed by atoms with Crippen LogP contribution in [0.5, 0.6) is 11.5 Å². The van der Waals surface area contributed by atoms with Gasteiger partial charge in [0.15, 0.2) is 0 Å². The molecule has 5 rings (SSSR count). The average molecular weight is 518 g/mol. The van der Waals surface area contributed by atoms with Crippen LogP contribution in [0.25, 0.3) is 11.1 Å². The molecule has 200 valence electrons. The largest absolute Gasteiger partial charge is 0.497 e. The van der Waals surface area contributed by atoms with Gasteiger partial charge in [0.25, 0.3) is 0 Å². The highest BCUT2D eigenvalue weighted by Gasteiger charge is 2.36. The molecule has 0 bridgehead atoms. The first-order chi connectivity index (χ1) is 18.5. The molecule has 1 heterocycles. The summed E-state index contributed by atoms with van der Waals surface area (Å²) < 4.78 is 26.4. The third kappa shape index (κ3) is 6.54. The number of methoxy groups -OCH3 is 1. The molecular formula is C32H36FNO4. The zero-order valence-corrected chi connectivity index (χ0v) is 22.0. The van der Waals surface area contributed by atoms with Gasteiger partial charge in [-0.15, -0.1) is 0 Å². The van der Waals surface area contributed by atoms with E-state index in [1.54, 1.807) is 19.2 Å². The maximum Gasteiger partial charge on any atom is 0.307 e. The van der Waals surface area contributed by atoms with Gasteiger partial charge in [-0.05, 0) is 104 Å². The van der Waals surface area contributed by atoms with Crippen molar-refractivity contribution < 1.29 is 23.8 Å². The van der Waals surface area contributed by atoms with E-state index in [0.717, 1.165) is 60.5 Å². The molecular weight excluding hydrogens is 481 g/mol. The van der Waals surface area contributed by atoms with E-state index in [1.807, 2.05) is 36.4 Å². The van der Waals surface area contributed by atoms with Gasteiger partial charge in [0, 0.05) is 12.1 Å². The Hall–Kier alpha value is -3.38. The highest BCUT2D eigenvalue weighted by molar-refractivity contribution is 5.71. The second-order valence-corrected chi connectivity index (χ2v) is 10.6. The number of ether oxygens (including phenoxy) is 2. The lowest BCUT2D eigenvalue weighted by atomic mass is 9.95. The molecule has 3 aromatic carbocycles. The van der Waals surface area contributed by atoms with Crippen LogP contribution in [0.3, 0.4) is 0 Å². The van der Waals surface area contributed by atoms with Crippen molar-refractivity contribution in [2.75, 3.05) is 20.2 Å². The highest BCUT2D eigenvalue weighted by atomic mass is 19.1. The van der Waals surface area contributed by atoms with Gasteiger partial charge in [0.2, 0.25) is 0 Å². The average Bonchev–Trinajstić information content (AvgIpc) is 3.77. The molecule has 0 spiro atoms. The van der Waals surface area contributed by atoms with Crippen molar-refractivity contribution >= 4 is 5.97 Å². The van der Waals surface area contributed by atoms with Crippen LogP contribution in [0.15, 0.2) is 60.7 Å². The van der Waals surface area contributed by atoms with Gasteiger partial charge in [-0.1, -0.05) is 36.8 Å². The molecule has 6 heteroatoms. The monoisotopic (exact) mass is 517 g/mol. The smallest absolute Gasteiger partial charge is 0.307 e. The number of carbonyl (C=O) groups is 1. The lowest BCUT2D eigenvalue weighted by Gasteiger charge is -2.27. The SMILES string of the molecule is COc1ccc(F)c(-c2ccc(COc3cccc(CC(C(=O)O)C4CC4)c3)cc2CN2CCCCC2)c1. The van der Waals surface area contributed by atoms with Crippen molar-refractivity contribution in [1.29, 1.82) is 0 Å². The summed E-state index contributed by atoms with van der Waals surface area (Å²) in [5, 5.41) is 9.60. The number of aliphatic carboxylic acids is 1. The second kappa shape index (κ2) is 12.0. The summed E-state index contributed by atoms with van der Waals surface area (Å²) in [6, 6.07) is 18.7. The molecule has 3 aromatic rings. The van der Waals surface area contributed by atoms with E-state index < -0.39 is 5.97 Å². The van der Waals surface area contributed by atoms with Gasteiger partial charge in [0.05, 0.1) is 13.0 Å². The number of benzene rings is 3. The van der Waals surface area contributed by atoms with Crippen molar-refractivity contribution in [1.82, 2.24) is 4.90 Å². The zero-order valence-electron chi connectivity index (χ0n) is 22.0. The molecule has 0 amide bonds. The Morgan fingerprint density at radius 2 is 1.79 bits per heavy atom. The standard InChI is InChI=1S/C32H36FNO4/c1-37-26-11-13-31(33)30(19-26)28-12-8-23(16-25(28)20-34-14-3-2-4-15-34)21-38-27-7-5-6-22(17-27)18-29(32(35)36)24-9-10-24/h5-8,11-13,16-17,19,24,29H,2-4,9-10,14-15,18,20-21H2,1H3,(H,35,36). The number of piperidine rings is 1. The van der Waals surface area contributed by atoms with E-state index in [1.165, 1.54) is 25.3 Å². The van der Waals surface area contributed by atoms with Crippen LogP contribution in [-0.4, -0.2) is 36.2 Å². The predicted octanol–water partition coefficient (Wildman–Crippen LogP) is 6.72. The molecule has 2 aliphatic rings. The van der Waals surface area contributed by atoms with Gasteiger partial charge in [-0.3, -0.25) is 9.69 Å². The van der Waals surface area contributed by atoms with Crippen LogP contribution < -0.4 is 9.47 Å². The molecule has 38 heavy (non-hydrogen) atoms. The number of rotatable bonds is 11. The van der Waals surface area contributed by atoms with E-state index in [0.29, 0.717) is 30.3 Å². The summed E-state index contributed by atoms with van der Waals surface area (Å²) in [7, 11) is 1.59. The normalized spacial score (nSPS) is 16.7. The summed E-state index contributed by atoms with van der Waals surface area (Å²) in [5.41, 5.74) is 4.48. The molecule has 1 atom stereocenters. The van der Waals surface area contributed by atoms with Gasteiger partial charge in [-0.2, -0.15) is 0 Å². The van der Waals surface area contributed by atoms with Gasteiger partial charge in [0.1, 0.15) is 23.9 Å². The Labute approximate surface area is 224 Å². The lowest BCUT2D eigenvalue weighted by molar-refractivity contribution is -0.142. The lowest BCUT2D eigenvalue weighted by Crippen LogP contribution is -2.29. The first kappa shape index (κ1) is 26.2. The van der Waals surface area contributed by atoms with Crippen LogP contribution in [-0.2, 0) is 24.4 Å². The molecule has 1 saturated heterocycles. The molecule has 1 aliphatic carbocycles. The van der Waals surface area contributed by atoms with E-state index in [-0.39, 0.29) is 11.7 Å². The number of carboxylic acids is 1. The van der Waals surface area contributed by atoms with Gasteiger partial charge < -0.3 is 14.6 Å². The number of carboxylic acid groups (broad SMARTS) is 1. The number of nitrogens with zero attached hydrogens (tertiary/aromatic N) is 1. The topological polar surface area (TPSA) is 59.0 Å². The minimum Gasteiger partial charge on any atom is -0.497 e. The van der Waals surface area contributed by atoms with Gasteiger partial charge in [-0.25, -0.2) is 4.39 Å². The molecule has 1 unspecified atom stereocenters. The first-order valence-corrected chi connectivity index (χ1v) is 13.6. The Morgan fingerprint density at radius 1 is 0.974 bits per heavy atom. The fourth-order valence-electron chi connectivity index (χ4n) is 5.46. The number of likely N-dealkylation sites (tertiary alicyclic amines) is 1. The third-order valence-corrected chi connectivity index (χ3v) is 7.74. The Balaban J connectivity index is 1.35. The Morgan fingerprint density at radius 3 is 2.53 bits per heavy atom. The number of hydrogen-bond acceptors (Lipinski definition) is 4. The molecule has 5 nitrogen and oxygen atoms in total.